The zero-order valence-electron chi connectivity index (χ0n) is 14.4. The number of amides is 1. The van der Waals surface area contributed by atoms with Gasteiger partial charge in [0.25, 0.3) is 5.91 Å². The van der Waals surface area contributed by atoms with Gasteiger partial charge >= 0.3 is 0 Å². The van der Waals surface area contributed by atoms with E-state index >= 15 is 0 Å². The molecule has 7 nitrogen and oxygen atoms in total. The Labute approximate surface area is 154 Å². The van der Waals surface area contributed by atoms with Crippen molar-refractivity contribution in [2.75, 3.05) is 18.0 Å². The summed E-state index contributed by atoms with van der Waals surface area (Å²) in [6.07, 6.45) is 5.03. The molecule has 134 valence electrons. The second-order valence-electron chi connectivity index (χ2n) is 6.32. The summed E-state index contributed by atoms with van der Waals surface area (Å²) in [6, 6.07) is 5.50. The van der Waals surface area contributed by atoms with Crippen molar-refractivity contribution < 1.29 is 9.53 Å². The van der Waals surface area contributed by atoms with Gasteiger partial charge in [-0.2, -0.15) is 0 Å². The van der Waals surface area contributed by atoms with Gasteiger partial charge in [-0.25, -0.2) is 9.97 Å². The Balaban J connectivity index is 1.44. The molecule has 3 aromatic heterocycles. The highest BCUT2D eigenvalue weighted by Gasteiger charge is 2.23. The number of hydrogen-bond donors (Lipinski definition) is 1. The van der Waals surface area contributed by atoms with Crippen LogP contribution in [-0.2, 0) is 0 Å². The Kier molecular flexibility index (Phi) is 4.42. The van der Waals surface area contributed by atoms with E-state index in [9.17, 15) is 4.79 Å². The van der Waals surface area contributed by atoms with Crippen LogP contribution in [0, 0.1) is 6.92 Å². The number of piperidine rings is 1. The highest BCUT2D eigenvalue weighted by atomic mass is 32.1. The molecule has 0 spiro atoms. The van der Waals surface area contributed by atoms with Gasteiger partial charge in [0.1, 0.15) is 34.5 Å². The number of anilines is 1. The van der Waals surface area contributed by atoms with Gasteiger partial charge in [0, 0.05) is 43.1 Å². The molecule has 0 aromatic carbocycles. The average Bonchev–Trinajstić information content (AvgIpc) is 3.03. The highest BCUT2D eigenvalue weighted by molar-refractivity contribution is 7.18. The maximum absolute atomic E-state index is 11.2. The molecule has 1 saturated heterocycles. The van der Waals surface area contributed by atoms with Gasteiger partial charge in [0.05, 0.1) is 5.39 Å². The second kappa shape index (κ2) is 6.87. The number of aromatic nitrogens is 3. The predicted octanol–water partition coefficient (Wildman–Crippen LogP) is 2.54. The molecule has 0 bridgehead atoms. The first-order valence-corrected chi connectivity index (χ1v) is 9.30. The molecule has 0 radical (unpaired) electrons. The lowest BCUT2D eigenvalue weighted by atomic mass is 10.1. The van der Waals surface area contributed by atoms with Gasteiger partial charge < -0.3 is 15.4 Å². The van der Waals surface area contributed by atoms with E-state index in [2.05, 4.69) is 32.8 Å². The largest absolute Gasteiger partial charge is 0.490 e. The fraction of sp³-hybridized carbons (Fsp3) is 0.333. The van der Waals surface area contributed by atoms with Crippen molar-refractivity contribution >= 4 is 33.3 Å². The zero-order valence-corrected chi connectivity index (χ0v) is 15.2. The van der Waals surface area contributed by atoms with E-state index in [4.69, 9.17) is 10.5 Å². The topological polar surface area (TPSA) is 94.2 Å². The molecule has 1 aliphatic rings. The van der Waals surface area contributed by atoms with Crippen molar-refractivity contribution in [2.24, 2.45) is 5.73 Å². The van der Waals surface area contributed by atoms with Crippen LogP contribution in [0.2, 0.25) is 0 Å². The minimum absolute atomic E-state index is 0.0934. The quantitative estimate of drug-likeness (QED) is 0.759. The molecule has 3 aromatic rings. The molecule has 0 unspecified atom stereocenters. The molecule has 1 aliphatic heterocycles. The van der Waals surface area contributed by atoms with E-state index in [0.29, 0.717) is 5.75 Å². The molecule has 0 aliphatic carbocycles. The third-order valence-corrected chi connectivity index (χ3v) is 5.42. The number of thiophene rings is 1. The fourth-order valence-corrected chi connectivity index (χ4v) is 4.05. The molecular weight excluding hydrogens is 350 g/mol. The predicted molar refractivity (Wildman–Crippen MR) is 101 cm³/mol. The number of nitrogens with two attached hydrogens (primary N) is 1. The van der Waals surface area contributed by atoms with E-state index < -0.39 is 5.91 Å². The number of hydrogen-bond acceptors (Lipinski definition) is 7. The van der Waals surface area contributed by atoms with Crippen molar-refractivity contribution in [2.45, 2.75) is 25.9 Å². The maximum atomic E-state index is 11.2. The Bertz CT molecular complexity index is 950. The summed E-state index contributed by atoms with van der Waals surface area (Å²) in [5.74, 6) is 1.08. The van der Waals surface area contributed by atoms with Crippen LogP contribution < -0.4 is 15.4 Å². The number of nitrogens with zero attached hydrogens (tertiary/aromatic N) is 4. The standard InChI is InChI=1S/C18H19N5O2S/c1-11-8-14-17(21-10-22-18(14)26-11)23-6-3-12(4-7-23)25-13-2-5-20-15(9-13)16(19)24/h2,5,8-10,12H,3-4,6-7H2,1H3,(H2,19,24). The van der Waals surface area contributed by atoms with Crippen molar-refractivity contribution in [3.05, 3.63) is 41.3 Å². The summed E-state index contributed by atoms with van der Waals surface area (Å²) in [7, 11) is 0. The fourth-order valence-electron chi connectivity index (χ4n) is 3.21. The Morgan fingerprint density at radius 1 is 1.27 bits per heavy atom. The number of carbonyl (C=O) groups excluding carboxylic acids is 1. The van der Waals surface area contributed by atoms with E-state index in [0.717, 1.165) is 42.0 Å². The van der Waals surface area contributed by atoms with Crippen molar-refractivity contribution in [3.8, 4) is 5.75 Å². The first kappa shape index (κ1) is 16.7. The highest BCUT2D eigenvalue weighted by Crippen LogP contribution is 2.31. The molecule has 2 N–H and O–H groups in total. The summed E-state index contributed by atoms with van der Waals surface area (Å²) >= 11 is 1.69. The third kappa shape index (κ3) is 3.32. The molecule has 4 rings (SSSR count). The first-order chi connectivity index (χ1) is 12.6. The molecule has 1 amide bonds. The Morgan fingerprint density at radius 3 is 2.85 bits per heavy atom. The monoisotopic (exact) mass is 369 g/mol. The second-order valence-corrected chi connectivity index (χ2v) is 7.55. The van der Waals surface area contributed by atoms with Crippen LogP contribution in [0.25, 0.3) is 10.2 Å². The van der Waals surface area contributed by atoms with E-state index in [-0.39, 0.29) is 11.8 Å². The number of carbonyl (C=O) groups is 1. The van der Waals surface area contributed by atoms with Gasteiger partial charge in [-0.3, -0.25) is 9.78 Å². The summed E-state index contributed by atoms with van der Waals surface area (Å²) in [5, 5.41) is 1.12. The van der Waals surface area contributed by atoms with Crippen LogP contribution in [0.5, 0.6) is 5.75 Å². The molecule has 4 heterocycles. The van der Waals surface area contributed by atoms with Gasteiger partial charge in [-0.1, -0.05) is 0 Å². The lowest BCUT2D eigenvalue weighted by Crippen LogP contribution is -2.38. The van der Waals surface area contributed by atoms with Gasteiger partial charge in [0.2, 0.25) is 0 Å². The molecule has 0 saturated carbocycles. The number of ether oxygens (including phenoxy) is 1. The Morgan fingerprint density at radius 2 is 2.08 bits per heavy atom. The van der Waals surface area contributed by atoms with Gasteiger partial charge in [0.15, 0.2) is 0 Å². The van der Waals surface area contributed by atoms with Gasteiger partial charge in [-0.15, -0.1) is 11.3 Å². The van der Waals surface area contributed by atoms with Crippen LogP contribution in [0.4, 0.5) is 5.82 Å². The normalized spacial score (nSPS) is 15.3. The summed E-state index contributed by atoms with van der Waals surface area (Å²) in [5.41, 5.74) is 5.49. The zero-order chi connectivity index (χ0) is 18.1. The SMILES string of the molecule is Cc1cc2c(N3CCC(Oc4ccnc(C(N)=O)c4)CC3)ncnc2s1. The minimum atomic E-state index is -0.552. The number of primary amides is 1. The molecule has 1 fully saturated rings. The van der Waals surface area contributed by atoms with Crippen LogP contribution in [0.1, 0.15) is 28.2 Å². The van der Waals surface area contributed by atoms with Crippen LogP contribution in [-0.4, -0.2) is 40.1 Å². The maximum Gasteiger partial charge on any atom is 0.267 e. The summed E-state index contributed by atoms with van der Waals surface area (Å²) in [4.78, 5) is 28.6. The van der Waals surface area contributed by atoms with Crippen LogP contribution >= 0.6 is 11.3 Å². The lowest BCUT2D eigenvalue weighted by molar-refractivity contribution is 0.0994. The number of fused-ring (bicyclic) bond motifs is 1. The van der Waals surface area contributed by atoms with E-state index in [1.807, 2.05) is 0 Å². The minimum Gasteiger partial charge on any atom is -0.490 e. The molecule has 0 atom stereocenters. The Hall–Kier alpha value is -2.74. The van der Waals surface area contributed by atoms with Crippen molar-refractivity contribution in [1.82, 2.24) is 15.0 Å². The average molecular weight is 369 g/mol. The van der Waals surface area contributed by atoms with Crippen molar-refractivity contribution in [1.29, 1.82) is 0 Å². The summed E-state index contributed by atoms with van der Waals surface area (Å²) in [6.45, 7) is 3.81. The number of aryl methyl sites for hydroxylation is 1. The van der Waals surface area contributed by atoms with E-state index in [1.54, 1.807) is 36.0 Å². The lowest BCUT2D eigenvalue weighted by Gasteiger charge is -2.33. The number of pyridine rings is 1. The molecule has 8 heteroatoms. The molecular formula is C18H19N5O2S. The van der Waals surface area contributed by atoms with Crippen molar-refractivity contribution in [3.63, 3.8) is 0 Å². The van der Waals surface area contributed by atoms with Crippen LogP contribution in [0.15, 0.2) is 30.7 Å². The van der Waals surface area contributed by atoms with E-state index in [1.165, 1.54) is 4.88 Å². The smallest absolute Gasteiger partial charge is 0.267 e. The number of rotatable bonds is 4. The molecule has 26 heavy (non-hydrogen) atoms. The van der Waals surface area contributed by atoms with Gasteiger partial charge in [-0.05, 0) is 19.1 Å². The first-order valence-electron chi connectivity index (χ1n) is 8.49. The summed E-state index contributed by atoms with van der Waals surface area (Å²) < 4.78 is 6.02. The van der Waals surface area contributed by atoms with Crippen LogP contribution in [0.3, 0.4) is 0 Å². The third-order valence-electron chi connectivity index (χ3n) is 4.46.